The Bertz CT molecular complexity index is 1610. The molecule has 0 spiro atoms. The first-order valence-electron chi connectivity index (χ1n) is 10.6. The van der Waals surface area contributed by atoms with Crippen LogP contribution in [0.2, 0.25) is 0 Å². The summed E-state index contributed by atoms with van der Waals surface area (Å²) in [7, 11) is 0. The van der Waals surface area contributed by atoms with Gasteiger partial charge in [-0.05, 0) is 51.0 Å². The second kappa shape index (κ2) is 8.88. The van der Waals surface area contributed by atoms with Gasteiger partial charge in [-0.25, -0.2) is 4.98 Å². The number of nitriles is 1. The number of nitro benzene ring substituents is 2. The molecule has 36 heavy (non-hydrogen) atoms. The summed E-state index contributed by atoms with van der Waals surface area (Å²) in [6.45, 7) is 7.05. The summed E-state index contributed by atoms with van der Waals surface area (Å²) in [5.41, 5.74) is 2.03. The highest BCUT2D eigenvalue weighted by Gasteiger charge is 2.26. The van der Waals surface area contributed by atoms with Gasteiger partial charge in [-0.2, -0.15) is 15.0 Å². The topological polar surface area (TPSA) is 170 Å². The number of aryl methyl sites for hydroxylation is 3. The third-order valence-corrected chi connectivity index (χ3v) is 5.79. The Balaban J connectivity index is 1.83. The standard InChI is InChI=1S/C24H19N7O5/c1-12-5-14(3)22-18(6-12)13(2)7-21(27-22)29-23(17(10-25)11-26-29)28-24(32)16-8-19(30(33)34)15(4)20(9-16)31(35)36/h5-9,11H,1-4H3,(H,28,32). The summed E-state index contributed by atoms with van der Waals surface area (Å²) in [5.74, 6) is -0.571. The quantitative estimate of drug-likeness (QED) is 0.316. The third kappa shape index (κ3) is 4.09. The fraction of sp³-hybridized carbons (Fsp3) is 0.167. The van der Waals surface area contributed by atoms with Crippen molar-refractivity contribution in [3.05, 3.63) is 90.1 Å². The lowest BCUT2D eigenvalue weighted by atomic mass is 10.0. The number of pyridine rings is 1. The van der Waals surface area contributed by atoms with Crippen molar-refractivity contribution in [3.63, 3.8) is 0 Å². The lowest BCUT2D eigenvalue weighted by Gasteiger charge is -2.13. The molecular weight excluding hydrogens is 466 g/mol. The van der Waals surface area contributed by atoms with Crippen molar-refractivity contribution in [2.45, 2.75) is 27.7 Å². The highest BCUT2D eigenvalue weighted by molar-refractivity contribution is 6.05. The Morgan fingerprint density at radius 1 is 1.00 bits per heavy atom. The number of aromatic nitrogens is 3. The second-order valence-corrected chi connectivity index (χ2v) is 8.31. The van der Waals surface area contributed by atoms with E-state index in [0.717, 1.165) is 39.7 Å². The summed E-state index contributed by atoms with van der Waals surface area (Å²) < 4.78 is 1.28. The van der Waals surface area contributed by atoms with E-state index in [9.17, 15) is 30.3 Å². The lowest BCUT2D eigenvalue weighted by molar-refractivity contribution is -0.395. The minimum Gasteiger partial charge on any atom is -0.305 e. The Kier molecular flexibility index (Phi) is 5.91. The number of nitrogens with one attached hydrogen (secondary N) is 1. The maximum atomic E-state index is 13.1. The molecule has 0 aliphatic carbocycles. The van der Waals surface area contributed by atoms with Crippen LogP contribution in [0.3, 0.4) is 0 Å². The van der Waals surface area contributed by atoms with Crippen LogP contribution in [0.4, 0.5) is 17.2 Å². The number of carbonyl (C=O) groups excluding carboxylic acids is 1. The molecule has 0 saturated carbocycles. The molecule has 0 radical (unpaired) electrons. The molecule has 4 rings (SSSR count). The van der Waals surface area contributed by atoms with E-state index in [1.54, 1.807) is 6.07 Å². The van der Waals surface area contributed by atoms with Crippen molar-refractivity contribution in [2.75, 3.05) is 5.32 Å². The SMILES string of the molecule is Cc1cc(C)c2nc(-n3ncc(C#N)c3NC(=O)c3cc([N+](=O)[O-])c(C)c([N+](=O)[O-])c3)cc(C)c2c1. The predicted octanol–water partition coefficient (Wildman–Crippen LogP) is 4.59. The van der Waals surface area contributed by atoms with Crippen molar-refractivity contribution < 1.29 is 14.6 Å². The molecule has 2 heterocycles. The zero-order chi connectivity index (χ0) is 26.3. The number of fused-ring (bicyclic) bond motifs is 1. The molecule has 0 atom stereocenters. The van der Waals surface area contributed by atoms with Crippen molar-refractivity contribution in [1.82, 2.24) is 14.8 Å². The number of benzene rings is 2. The lowest BCUT2D eigenvalue weighted by Crippen LogP contribution is -2.17. The van der Waals surface area contributed by atoms with Crippen molar-refractivity contribution in [2.24, 2.45) is 0 Å². The highest BCUT2D eigenvalue weighted by atomic mass is 16.6. The van der Waals surface area contributed by atoms with Crippen molar-refractivity contribution in [1.29, 1.82) is 5.26 Å². The van der Waals surface area contributed by atoms with E-state index in [2.05, 4.69) is 15.4 Å². The molecule has 0 saturated heterocycles. The highest BCUT2D eigenvalue weighted by Crippen LogP contribution is 2.31. The van der Waals surface area contributed by atoms with E-state index in [-0.39, 0.29) is 22.5 Å². The van der Waals surface area contributed by atoms with Gasteiger partial charge in [0.05, 0.1) is 27.1 Å². The van der Waals surface area contributed by atoms with Crippen molar-refractivity contribution in [3.8, 4) is 11.9 Å². The van der Waals surface area contributed by atoms with Gasteiger partial charge in [-0.15, -0.1) is 0 Å². The molecule has 2 aromatic heterocycles. The first-order valence-corrected chi connectivity index (χ1v) is 10.6. The van der Waals surface area contributed by atoms with Gasteiger partial charge in [0.2, 0.25) is 0 Å². The number of nitro groups is 2. The Morgan fingerprint density at radius 3 is 2.22 bits per heavy atom. The monoisotopic (exact) mass is 485 g/mol. The van der Waals surface area contributed by atoms with E-state index < -0.39 is 27.1 Å². The van der Waals surface area contributed by atoms with Gasteiger partial charge < -0.3 is 5.32 Å². The summed E-state index contributed by atoms with van der Waals surface area (Å²) in [6, 6.07) is 9.60. The molecule has 180 valence electrons. The van der Waals surface area contributed by atoms with Gasteiger partial charge in [0.15, 0.2) is 11.6 Å². The van der Waals surface area contributed by atoms with Crippen LogP contribution in [0.5, 0.6) is 0 Å². The number of carbonyl (C=O) groups is 1. The number of amides is 1. The molecule has 2 aromatic carbocycles. The van der Waals surface area contributed by atoms with Gasteiger partial charge in [-0.1, -0.05) is 11.6 Å². The molecule has 0 aliphatic rings. The number of hydrogen-bond donors (Lipinski definition) is 1. The van der Waals surface area contributed by atoms with Crippen LogP contribution in [0.15, 0.2) is 36.5 Å². The average molecular weight is 485 g/mol. The fourth-order valence-electron chi connectivity index (χ4n) is 4.03. The normalized spacial score (nSPS) is 10.8. The first-order chi connectivity index (χ1) is 17.0. The van der Waals surface area contributed by atoms with Crippen LogP contribution in [0.1, 0.15) is 38.2 Å². The smallest absolute Gasteiger partial charge is 0.279 e. The second-order valence-electron chi connectivity index (χ2n) is 8.31. The molecule has 0 unspecified atom stereocenters. The maximum absolute atomic E-state index is 13.1. The zero-order valence-corrected chi connectivity index (χ0v) is 19.7. The molecule has 0 fully saturated rings. The van der Waals surface area contributed by atoms with E-state index >= 15 is 0 Å². The summed E-state index contributed by atoms with van der Waals surface area (Å²) in [5, 5.41) is 40.1. The molecule has 0 aliphatic heterocycles. The summed E-state index contributed by atoms with van der Waals surface area (Å²) in [6.07, 6.45) is 1.25. The average Bonchev–Trinajstić information content (AvgIpc) is 3.21. The van der Waals surface area contributed by atoms with Crippen LogP contribution >= 0.6 is 0 Å². The molecule has 1 N–H and O–H groups in total. The van der Waals surface area contributed by atoms with E-state index in [0.29, 0.717) is 5.82 Å². The summed E-state index contributed by atoms with van der Waals surface area (Å²) in [4.78, 5) is 39.0. The number of hydrogen-bond acceptors (Lipinski definition) is 8. The van der Waals surface area contributed by atoms with Gasteiger partial charge in [0.25, 0.3) is 17.3 Å². The Hall–Kier alpha value is -5.18. The van der Waals surface area contributed by atoms with E-state index in [4.69, 9.17) is 0 Å². The Labute approximate surface area is 204 Å². The molecule has 12 heteroatoms. The minimum absolute atomic E-state index is 0.0136. The summed E-state index contributed by atoms with van der Waals surface area (Å²) >= 11 is 0. The molecule has 12 nitrogen and oxygen atoms in total. The van der Waals surface area contributed by atoms with Gasteiger partial charge in [0, 0.05) is 17.5 Å². The molecular formula is C24H19N7O5. The van der Waals surface area contributed by atoms with E-state index in [1.165, 1.54) is 17.8 Å². The number of anilines is 1. The number of rotatable bonds is 5. The third-order valence-electron chi connectivity index (χ3n) is 5.79. The maximum Gasteiger partial charge on any atom is 0.279 e. The fourth-order valence-corrected chi connectivity index (χ4v) is 4.03. The molecule has 0 bridgehead atoms. The minimum atomic E-state index is -0.885. The van der Waals surface area contributed by atoms with Crippen LogP contribution in [0.25, 0.3) is 16.7 Å². The molecule has 1 amide bonds. The largest absolute Gasteiger partial charge is 0.305 e. The van der Waals surface area contributed by atoms with Crippen molar-refractivity contribution >= 4 is 34.0 Å². The number of nitrogens with zero attached hydrogens (tertiary/aromatic N) is 6. The molecule has 4 aromatic rings. The van der Waals surface area contributed by atoms with E-state index in [1.807, 2.05) is 39.0 Å². The van der Waals surface area contributed by atoms with Crippen LogP contribution < -0.4 is 5.32 Å². The van der Waals surface area contributed by atoms with Crippen LogP contribution in [-0.2, 0) is 0 Å². The van der Waals surface area contributed by atoms with Gasteiger partial charge >= 0.3 is 0 Å². The van der Waals surface area contributed by atoms with Crippen LogP contribution in [-0.4, -0.2) is 30.5 Å². The Morgan fingerprint density at radius 2 is 1.64 bits per heavy atom. The first kappa shape index (κ1) is 24.0. The zero-order valence-electron chi connectivity index (χ0n) is 19.7. The predicted molar refractivity (Wildman–Crippen MR) is 130 cm³/mol. The van der Waals surface area contributed by atoms with Gasteiger partial charge in [0.1, 0.15) is 17.2 Å². The van der Waals surface area contributed by atoms with Crippen LogP contribution in [0, 0.1) is 59.3 Å². The van der Waals surface area contributed by atoms with Gasteiger partial charge in [-0.3, -0.25) is 25.0 Å².